The number of hydrogen-bond acceptors (Lipinski definition) is 5. The second-order valence-electron chi connectivity index (χ2n) is 5.86. The minimum atomic E-state index is -3.92. The minimum Gasteiger partial charge on any atom is -0.278 e. The molecule has 1 saturated heterocycles. The van der Waals surface area contributed by atoms with Crippen molar-refractivity contribution in [3.63, 3.8) is 0 Å². The van der Waals surface area contributed by atoms with E-state index >= 15 is 0 Å². The molecular weight excluding hydrogens is 400 g/mol. The lowest BCUT2D eigenvalue weighted by atomic mass is 10.2. The SMILES string of the molecule is C[C@@H]1CS(=O)(=O)N(c2ccc(S(=O)(=O)Nc3ccccc3Cl)cc2)C1=O. The van der Waals surface area contributed by atoms with Gasteiger partial charge in [0.25, 0.3) is 10.0 Å². The van der Waals surface area contributed by atoms with Crippen molar-refractivity contribution in [3.05, 3.63) is 53.6 Å². The Bertz CT molecular complexity index is 1070. The molecule has 0 unspecified atom stereocenters. The topological polar surface area (TPSA) is 101 Å². The van der Waals surface area contributed by atoms with Crippen molar-refractivity contribution in [1.82, 2.24) is 0 Å². The Labute approximate surface area is 156 Å². The lowest BCUT2D eigenvalue weighted by Crippen LogP contribution is -2.30. The van der Waals surface area contributed by atoms with E-state index < -0.39 is 31.9 Å². The van der Waals surface area contributed by atoms with E-state index in [1.54, 1.807) is 18.2 Å². The molecule has 7 nitrogen and oxygen atoms in total. The molecule has 2 aromatic carbocycles. The van der Waals surface area contributed by atoms with Gasteiger partial charge in [0, 0.05) is 0 Å². The van der Waals surface area contributed by atoms with E-state index in [-0.39, 0.29) is 27.0 Å². The van der Waals surface area contributed by atoms with Crippen LogP contribution in [0.25, 0.3) is 0 Å². The van der Waals surface area contributed by atoms with E-state index in [1.165, 1.54) is 37.3 Å². The van der Waals surface area contributed by atoms with Crippen LogP contribution in [-0.2, 0) is 24.8 Å². The zero-order valence-electron chi connectivity index (χ0n) is 13.6. The van der Waals surface area contributed by atoms with Gasteiger partial charge in [-0.25, -0.2) is 21.1 Å². The molecule has 138 valence electrons. The van der Waals surface area contributed by atoms with Crippen molar-refractivity contribution in [1.29, 1.82) is 0 Å². The van der Waals surface area contributed by atoms with Gasteiger partial charge >= 0.3 is 0 Å². The van der Waals surface area contributed by atoms with Crippen LogP contribution in [0.3, 0.4) is 0 Å². The number of rotatable bonds is 4. The van der Waals surface area contributed by atoms with Gasteiger partial charge in [-0.15, -0.1) is 0 Å². The standard InChI is InChI=1S/C16H15ClN2O5S2/c1-11-10-25(21,22)19(16(11)20)12-6-8-13(9-7-12)26(23,24)18-15-5-3-2-4-14(15)17/h2-9,11,18H,10H2,1H3/t11-/m1/s1. The molecule has 0 saturated carbocycles. The number of nitrogens with one attached hydrogen (secondary N) is 1. The first kappa shape index (κ1) is 18.7. The molecule has 3 rings (SSSR count). The molecule has 0 aromatic heterocycles. The van der Waals surface area contributed by atoms with E-state index in [2.05, 4.69) is 4.72 Å². The Kier molecular flexibility index (Phi) is 4.72. The zero-order valence-corrected chi connectivity index (χ0v) is 16.0. The lowest BCUT2D eigenvalue weighted by Gasteiger charge is -2.16. The number of hydrogen-bond donors (Lipinski definition) is 1. The van der Waals surface area contributed by atoms with E-state index in [9.17, 15) is 21.6 Å². The summed E-state index contributed by atoms with van der Waals surface area (Å²) in [4.78, 5) is 12.0. The number of nitrogens with zero attached hydrogens (tertiary/aromatic N) is 1. The number of carbonyl (C=O) groups is 1. The number of para-hydroxylation sites is 1. The Morgan fingerprint density at radius 1 is 1.12 bits per heavy atom. The molecule has 1 aliphatic rings. The average molecular weight is 415 g/mol. The Hall–Kier alpha value is -2.10. The monoisotopic (exact) mass is 414 g/mol. The second-order valence-corrected chi connectivity index (χ2v) is 9.81. The normalized spacial score (nSPS) is 19.5. The molecule has 26 heavy (non-hydrogen) atoms. The van der Waals surface area contributed by atoms with Crippen LogP contribution in [0.1, 0.15) is 6.92 Å². The lowest BCUT2D eigenvalue weighted by molar-refractivity contribution is -0.119. The van der Waals surface area contributed by atoms with Gasteiger partial charge in [-0.1, -0.05) is 30.7 Å². The van der Waals surface area contributed by atoms with E-state index in [1.807, 2.05) is 0 Å². The van der Waals surface area contributed by atoms with Gasteiger partial charge in [-0.3, -0.25) is 9.52 Å². The third-order valence-corrected chi connectivity index (χ3v) is 7.44. The minimum absolute atomic E-state index is 0.0849. The molecule has 0 bridgehead atoms. The highest BCUT2D eigenvalue weighted by atomic mass is 35.5. The number of amides is 1. The van der Waals surface area contributed by atoms with Crippen LogP contribution in [0.2, 0.25) is 5.02 Å². The maximum atomic E-state index is 12.5. The maximum Gasteiger partial charge on any atom is 0.261 e. The highest BCUT2D eigenvalue weighted by Gasteiger charge is 2.41. The molecule has 1 fully saturated rings. The van der Waals surface area contributed by atoms with Crippen molar-refractivity contribution in [2.45, 2.75) is 11.8 Å². The highest BCUT2D eigenvalue weighted by Crippen LogP contribution is 2.30. The number of halogens is 1. The second kappa shape index (κ2) is 6.57. The molecule has 1 aliphatic heterocycles. The van der Waals surface area contributed by atoms with Crippen molar-refractivity contribution in [3.8, 4) is 0 Å². The summed E-state index contributed by atoms with van der Waals surface area (Å²) < 4.78 is 52.2. The van der Waals surface area contributed by atoms with Crippen LogP contribution in [0, 0.1) is 5.92 Å². The highest BCUT2D eigenvalue weighted by molar-refractivity contribution is 7.94. The molecule has 1 heterocycles. The fraction of sp³-hybridized carbons (Fsp3) is 0.188. The Balaban J connectivity index is 1.90. The molecule has 0 radical (unpaired) electrons. The summed E-state index contributed by atoms with van der Waals surface area (Å²) in [6, 6.07) is 11.4. The number of benzene rings is 2. The molecule has 10 heteroatoms. The zero-order chi connectivity index (χ0) is 19.1. The van der Waals surface area contributed by atoms with Crippen molar-refractivity contribution >= 4 is 48.9 Å². The molecule has 1 atom stereocenters. The third kappa shape index (κ3) is 3.42. The van der Waals surface area contributed by atoms with Crippen LogP contribution in [0.4, 0.5) is 11.4 Å². The molecule has 0 aliphatic carbocycles. The Morgan fingerprint density at radius 3 is 2.27 bits per heavy atom. The van der Waals surface area contributed by atoms with E-state index in [0.29, 0.717) is 0 Å². The average Bonchev–Trinajstić information content (AvgIpc) is 2.77. The first-order valence-electron chi connectivity index (χ1n) is 7.56. The van der Waals surface area contributed by atoms with Gasteiger partial charge in [-0.05, 0) is 36.4 Å². The van der Waals surface area contributed by atoms with Crippen molar-refractivity contribution < 1.29 is 21.6 Å². The van der Waals surface area contributed by atoms with Crippen LogP contribution in [0.5, 0.6) is 0 Å². The van der Waals surface area contributed by atoms with Gasteiger partial charge in [0.2, 0.25) is 15.9 Å². The van der Waals surface area contributed by atoms with Crippen molar-refractivity contribution in [2.75, 3.05) is 14.8 Å². The van der Waals surface area contributed by atoms with Crippen molar-refractivity contribution in [2.24, 2.45) is 5.92 Å². The van der Waals surface area contributed by atoms with E-state index in [4.69, 9.17) is 11.6 Å². The largest absolute Gasteiger partial charge is 0.278 e. The first-order valence-corrected chi connectivity index (χ1v) is 11.0. The van der Waals surface area contributed by atoms with Gasteiger partial charge < -0.3 is 0 Å². The summed E-state index contributed by atoms with van der Waals surface area (Å²) >= 11 is 5.95. The van der Waals surface area contributed by atoms with Gasteiger partial charge in [0.1, 0.15) is 0 Å². The summed E-state index contributed by atoms with van der Waals surface area (Å²) in [6.45, 7) is 1.53. The molecule has 1 N–H and O–H groups in total. The van der Waals surface area contributed by atoms with E-state index in [0.717, 1.165) is 4.31 Å². The summed E-state index contributed by atoms with van der Waals surface area (Å²) in [5.74, 6) is -1.43. The summed E-state index contributed by atoms with van der Waals surface area (Å²) in [5, 5.41) is 0.246. The summed E-state index contributed by atoms with van der Waals surface area (Å²) in [6.07, 6.45) is 0. The fourth-order valence-corrected chi connectivity index (χ4v) is 5.73. The number of carbonyl (C=O) groups excluding carboxylic acids is 1. The number of sulfonamides is 2. The van der Waals surface area contributed by atoms with Gasteiger partial charge in [-0.2, -0.15) is 0 Å². The van der Waals surface area contributed by atoms with Crippen LogP contribution >= 0.6 is 11.6 Å². The quantitative estimate of drug-likeness (QED) is 0.828. The fourth-order valence-electron chi connectivity index (χ4n) is 2.60. The smallest absolute Gasteiger partial charge is 0.261 e. The summed E-state index contributed by atoms with van der Waals surface area (Å²) in [7, 11) is -7.66. The van der Waals surface area contributed by atoms with Crippen LogP contribution in [-0.4, -0.2) is 28.5 Å². The molecule has 0 spiro atoms. The predicted octanol–water partition coefficient (Wildman–Crippen LogP) is 2.45. The van der Waals surface area contributed by atoms with Crippen LogP contribution < -0.4 is 9.03 Å². The maximum absolute atomic E-state index is 12.5. The summed E-state index contributed by atoms with van der Waals surface area (Å²) in [5.41, 5.74) is 0.334. The first-order chi connectivity index (χ1) is 12.1. The third-order valence-electron chi connectivity index (χ3n) is 3.86. The molecule has 2 aromatic rings. The number of anilines is 2. The van der Waals surface area contributed by atoms with Gasteiger partial charge in [0.05, 0.1) is 33.0 Å². The van der Waals surface area contributed by atoms with Gasteiger partial charge in [0.15, 0.2) is 0 Å². The molecular formula is C16H15ClN2O5S2. The predicted molar refractivity (Wildman–Crippen MR) is 99.1 cm³/mol. The molecule has 1 amide bonds. The van der Waals surface area contributed by atoms with Crippen LogP contribution in [0.15, 0.2) is 53.4 Å². The Morgan fingerprint density at radius 2 is 1.73 bits per heavy atom.